The molecule has 0 bridgehead atoms. The highest BCUT2D eigenvalue weighted by molar-refractivity contribution is 8.00. The minimum Gasteiger partial charge on any atom is -0.460 e. The highest BCUT2D eigenvalue weighted by Crippen LogP contribution is 2.46. The Kier molecular flexibility index (Phi) is 3.48. The number of benzene rings is 1. The summed E-state index contributed by atoms with van der Waals surface area (Å²) in [7, 11) is 0. The molecular formula is C14H18O2S. The second kappa shape index (κ2) is 4.73. The quantitative estimate of drug-likeness (QED) is 0.768. The van der Waals surface area contributed by atoms with Crippen LogP contribution in [0.5, 0.6) is 0 Å². The van der Waals surface area contributed by atoms with E-state index in [-0.39, 0.29) is 17.5 Å². The second-order valence-corrected chi connectivity index (χ2v) is 6.66. The van der Waals surface area contributed by atoms with Crippen LogP contribution in [-0.2, 0) is 9.53 Å². The molecule has 2 rings (SSSR count). The first-order chi connectivity index (χ1) is 7.96. The third kappa shape index (κ3) is 3.77. The summed E-state index contributed by atoms with van der Waals surface area (Å²) in [6.07, 6.45) is 0.939. The molecule has 2 nitrogen and oxygen atoms in total. The summed E-state index contributed by atoms with van der Waals surface area (Å²) < 4.78 is 5.38. The maximum Gasteiger partial charge on any atom is 0.310 e. The van der Waals surface area contributed by atoms with Gasteiger partial charge >= 0.3 is 5.97 Å². The van der Waals surface area contributed by atoms with Gasteiger partial charge in [0.2, 0.25) is 0 Å². The topological polar surface area (TPSA) is 26.3 Å². The van der Waals surface area contributed by atoms with Crippen LogP contribution < -0.4 is 0 Å². The number of ether oxygens (including phenoxy) is 1. The summed E-state index contributed by atoms with van der Waals surface area (Å²) in [5.74, 6) is 0.0327. The number of carbonyl (C=O) groups is 1. The third-order valence-electron chi connectivity index (χ3n) is 2.47. The summed E-state index contributed by atoms with van der Waals surface area (Å²) in [5, 5.41) is 0.396. The SMILES string of the molecule is CC(C)(C)OC(=O)[C@@H]1C[C@H]1Sc1ccccc1. The fraction of sp³-hybridized carbons (Fsp3) is 0.500. The number of hydrogen-bond acceptors (Lipinski definition) is 3. The molecule has 2 atom stereocenters. The van der Waals surface area contributed by atoms with Crippen LogP contribution in [0.3, 0.4) is 0 Å². The first-order valence-electron chi connectivity index (χ1n) is 5.90. The Balaban J connectivity index is 1.83. The Morgan fingerprint density at radius 3 is 2.53 bits per heavy atom. The van der Waals surface area contributed by atoms with Crippen LogP contribution >= 0.6 is 11.8 Å². The lowest BCUT2D eigenvalue weighted by Gasteiger charge is -2.19. The minimum atomic E-state index is -0.373. The van der Waals surface area contributed by atoms with Crippen LogP contribution in [0, 0.1) is 5.92 Å². The van der Waals surface area contributed by atoms with E-state index < -0.39 is 0 Å². The van der Waals surface area contributed by atoms with E-state index in [1.54, 1.807) is 11.8 Å². The van der Waals surface area contributed by atoms with E-state index in [0.717, 1.165) is 6.42 Å². The molecule has 0 saturated heterocycles. The number of hydrogen-bond donors (Lipinski definition) is 0. The molecule has 0 aliphatic heterocycles. The van der Waals surface area contributed by atoms with E-state index in [9.17, 15) is 4.79 Å². The molecule has 92 valence electrons. The average molecular weight is 250 g/mol. The standard InChI is InChI=1S/C14H18O2S/c1-14(2,3)16-13(15)11-9-12(11)17-10-7-5-4-6-8-10/h4-8,11-12H,9H2,1-3H3/t11-,12-/m1/s1. The molecule has 17 heavy (non-hydrogen) atoms. The highest BCUT2D eigenvalue weighted by Gasteiger charge is 2.45. The molecule has 1 aromatic rings. The molecule has 0 amide bonds. The lowest BCUT2D eigenvalue weighted by molar-refractivity contribution is -0.156. The van der Waals surface area contributed by atoms with Gasteiger partial charge in [0.1, 0.15) is 5.60 Å². The highest BCUT2D eigenvalue weighted by atomic mass is 32.2. The van der Waals surface area contributed by atoms with Gasteiger partial charge in [0.15, 0.2) is 0 Å². The van der Waals surface area contributed by atoms with Gasteiger partial charge in [-0.1, -0.05) is 18.2 Å². The first kappa shape index (κ1) is 12.5. The number of esters is 1. The Morgan fingerprint density at radius 2 is 1.94 bits per heavy atom. The molecule has 1 aromatic carbocycles. The van der Waals surface area contributed by atoms with Crippen LogP contribution in [0.4, 0.5) is 0 Å². The molecule has 1 saturated carbocycles. The van der Waals surface area contributed by atoms with E-state index >= 15 is 0 Å². The molecule has 0 spiro atoms. The van der Waals surface area contributed by atoms with Crippen molar-refractivity contribution in [2.24, 2.45) is 5.92 Å². The molecule has 0 aromatic heterocycles. The van der Waals surface area contributed by atoms with Crippen LogP contribution in [0.2, 0.25) is 0 Å². The van der Waals surface area contributed by atoms with Gasteiger partial charge in [-0.2, -0.15) is 0 Å². The van der Waals surface area contributed by atoms with E-state index in [1.807, 2.05) is 39.0 Å². The fourth-order valence-corrected chi connectivity index (χ4v) is 2.84. The molecule has 0 radical (unpaired) electrons. The van der Waals surface area contributed by atoms with Gasteiger partial charge in [-0.3, -0.25) is 4.79 Å². The summed E-state index contributed by atoms with van der Waals surface area (Å²) >= 11 is 1.77. The lowest BCUT2D eigenvalue weighted by Crippen LogP contribution is -2.25. The maximum atomic E-state index is 11.8. The van der Waals surface area contributed by atoms with Gasteiger partial charge in [-0.25, -0.2) is 0 Å². The normalized spacial score (nSPS) is 23.2. The van der Waals surface area contributed by atoms with E-state index in [4.69, 9.17) is 4.74 Å². The van der Waals surface area contributed by atoms with Crippen molar-refractivity contribution in [3.63, 3.8) is 0 Å². The van der Waals surface area contributed by atoms with Gasteiger partial charge in [0.25, 0.3) is 0 Å². The van der Waals surface area contributed by atoms with Crippen molar-refractivity contribution in [3.8, 4) is 0 Å². The van der Waals surface area contributed by atoms with Gasteiger partial charge in [0.05, 0.1) is 5.92 Å². The molecule has 1 fully saturated rings. The zero-order valence-electron chi connectivity index (χ0n) is 10.5. The van der Waals surface area contributed by atoms with Gasteiger partial charge in [-0.15, -0.1) is 11.8 Å². The van der Waals surface area contributed by atoms with E-state index in [0.29, 0.717) is 5.25 Å². The zero-order chi connectivity index (χ0) is 12.5. The number of thioether (sulfide) groups is 1. The molecular weight excluding hydrogens is 232 g/mol. The van der Waals surface area contributed by atoms with Gasteiger partial charge < -0.3 is 4.74 Å². The monoisotopic (exact) mass is 250 g/mol. The lowest BCUT2D eigenvalue weighted by atomic mass is 10.2. The summed E-state index contributed by atoms with van der Waals surface area (Å²) in [5.41, 5.74) is -0.373. The first-order valence-corrected chi connectivity index (χ1v) is 6.78. The van der Waals surface area contributed by atoms with Crippen LogP contribution in [0.25, 0.3) is 0 Å². The van der Waals surface area contributed by atoms with Crippen LogP contribution in [-0.4, -0.2) is 16.8 Å². The smallest absolute Gasteiger partial charge is 0.310 e. The van der Waals surface area contributed by atoms with E-state index in [2.05, 4.69) is 12.1 Å². The fourth-order valence-electron chi connectivity index (χ4n) is 1.60. The molecule has 1 aliphatic carbocycles. The molecule has 1 aliphatic rings. The Hall–Kier alpha value is -0.960. The summed E-state index contributed by atoms with van der Waals surface area (Å²) in [6, 6.07) is 10.2. The Bertz CT molecular complexity index is 394. The maximum absolute atomic E-state index is 11.8. The van der Waals surface area contributed by atoms with Crippen molar-refractivity contribution in [1.82, 2.24) is 0 Å². The van der Waals surface area contributed by atoms with E-state index in [1.165, 1.54) is 4.90 Å². The third-order valence-corrected chi connectivity index (χ3v) is 3.84. The van der Waals surface area contributed by atoms with Crippen molar-refractivity contribution in [2.75, 3.05) is 0 Å². The Morgan fingerprint density at radius 1 is 1.29 bits per heavy atom. The zero-order valence-corrected chi connectivity index (χ0v) is 11.3. The molecule has 0 heterocycles. The predicted molar refractivity (Wildman–Crippen MR) is 70.0 cm³/mol. The number of rotatable bonds is 3. The van der Waals surface area contributed by atoms with Crippen molar-refractivity contribution >= 4 is 17.7 Å². The van der Waals surface area contributed by atoms with Crippen LogP contribution in [0.1, 0.15) is 27.2 Å². The largest absolute Gasteiger partial charge is 0.460 e. The molecule has 0 unspecified atom stereocenters. The average Bonchev–Trinajstić information content (AvgIpc) is 2.96. The molecule has 3 heteroatoms. The minimum absolute atomic E-state index is 0.0501. The van der Waals surface area contributed by atoms with Crippen molar-refractivity contribution < 1.29 is 9.53 Å². The summed E-state index contributed by atoms with van der Waals surface area (Å²) in [4.78, 5) is 13.0. The molecule has 0 N–H and O–H groups in total. The van der Waals surface area contributed by atoms with Crippen LogP contribution in [0.15, 0.2) is 35.2 Å². The Labute approximate surface area is 107 Å². The predicted octanol–water partition coefficient (Wildman–Crippen LogP) is 3.51. The van der Waals surface area contributed by atoms with Gasteiger partial charge in [0, 0.05) is 10.1 Å². The van der Waals surface area contributed by atoms with Crippen molar-refractivity contribution in [2.45, 2.75) is 42.9 Å². The van der Waals surface area contributed by atoms with Gasteiger partial charge in [-0.05, 0) is 39.3 Å². The summed E-state index contributed by atoms with van der Waals surface area (Å²) in [6.45, 7) is 5.73. The number of carbonyl (C=O) groups excluding carboxylic acids is 1. The van der Waals surface area contributed by atoms with Crippen molar-refractivity contribution in [3.05, 3.63) is 30.3 Å². The second-order valence-electron chi connectivity index (χ2n) is 5.35. The van der Waals surface area contributed by atoms with Crippen molar-refractivity contribution in [1.29, 1.82) is 0 Å².